The quantitative estimate of drug-likeness (QED) is 0.490. The number of nitrogen functional groups attached to an aromatic ring is 1. The van der Waals surface area contributed by atoms with Crippen molar-refractivity contribution >= 4 is 18.0 Å². The van der Waals surface area contributed by atoms with Gasteiger partial charge in [0, 0.05) is 36.2 Å². The summed E-state index contributed by atoms with van der Waals surface area (Å²) in [5.41, 5.74) is 8.84. The first-order valence-electron chi connectivity index (χ1n) is 11.7. The van der Waals surface area contributed by atoms with Crippen molar-refractivity contribution in [2.45, 2.75) is 44.0 Å². The van der Waals surface area contributed by atoms with Crippen LogP contribution in [0.15, 0.2) is 48.7 Å². The van der Waals surface area contributed by atoms with Crippen LogP contribution in [0.1, 0.15) is 36.8 Å². The van der Waals surface area contributed by atoms with Gasteiger partial charge in [-0.25, -0.2) is 4.98 Å². The molecule has 1 saturated heterocycles. The fourth-order valence-corrected chi connectivity index (χ4v) is 4.25. The van der Waals surface area contributed by atoms with Crippen LogP contribution in [0.25, 0.3) is 23.4 Å². The fraction of sp³-hybridized carbons (Fsp3) is 0.346. The minimum absolute atomic E-state index is 0.139. The van der Waals surface area contributed by atoms with Crippen LogP contribution in [-0.2, 0) is 4.74 Å². The standard InChI is InChI=1S/C26H29N5O3/c27-26-18(14-23(30-31-26)22-3-1-2-4-24(22)32)6-5-17-7-12-29-25(13-17)34-21-15-20(16-21)33-19-8-10-28-11-9-19/h1-7,12-14,19-21,28,32H,8-11,15-16H2,(H2,27,31)/b6-5+. The van der Waals surface area contributed by atoms with Crippen LogP contribution in [-0.4, -0.2) is 51.7 Å². The average molecular weight is 460 g/mol. The molecule has 34 heavy (non-hydrogen) atoms. The van der Waals surface area contributed by atoms with Gasteiger partial charge >= 0.3 is 0 Å². The number of nitrogens with zero attached hydrogens (tertiary/aromatic N) is 3. The third-order valence-corrected chi connectivity index (χ3v) is 6.26. The van der Waals surface area contributed by atoms with E-state index in [1.54, 1.807) is 24.4 Å². The maximum Gasteiger partial charge on any atom is 0.214 e. The highest BCUT2D eigenvalue weighted by molar-refractivity contribution is 5.77. The number of phenolic OH excluding ortho intramolecular Hbond substituents is 1. The van der Waals surface area contributed by atoms with Crippen molar-refractivity contribution in [3.05, 3.63) is 59.8 Å². The van der Waals surface area contributed by atoms with Crippen LogP contribution in [0, 0.1) is 0 Å². The van der Waals surface area contributed by atoms with Gasteiger partial charge in [0.25, 0.3) is 0 Å². The largest absolute Gasteiger partial charge is 0.507 e. The lowest BCUT2D eigenvalue weighted by atomic mass is 9.91. The van der Waals surface area contributed by atoms with E-state index in [0.717, 1.165) is 44.3 Å². The first kappa shape index (κ1) is 22.3. The molecule has 5 rings (SSSR count). The topological polar surface area (TPSA) is 115 Å². The molecule has 3 aromatic rings. The zero-order valence-corrected chi connectivity index (χ0v) is 18.9. The molecule has 2 fully saturated rings. The Morgan fingerprint density at radius 2 is 1.79 bits per heavy atom. The van der Waals surface area contributed by atoms with Crippen molar-refractivity contribution < 1.29 is 14.6 Å². The van der Waals surface area contributed by atoms with Crippen molar-refractivity contribution in [2.75, 3.05) is 18.8 Å². The van der Waals surface area contributed by atoms with E-state index in [9.17, 15) is 5.11 Å². The number of piperidine rings is 1. The number of rotatable bonds is 7. The van der Waals surface area contributed by atoms with E-state index in [2.05, 4.69) is 20.5 Å². The van der Waals surface area contributed by atoms with Gasteiger partial charge in [-0.1, -0.05) is 24.3 Å². The van der Waals surface area contributed by atoms with E-state index in [4.69, 9.17) is 15.2 Å². The number of aromatic nitrogens is 3. The van der Waals surface area contributed by atoms with Crippen molar-refractivity contribution in [3.8, 4) is 22.9 Å². The minimum atomic E-state index is 0.139. The SMILES string of the molecule is Nc1nnc(-c2ccccc2O)cc1/C=C/c1ccnc(OC2CC(OC3CCNCC3)C2)c1. The summed E-state index contributed by atoms with van der Waals surface area (Å²) in [6.07, 6.45) is 10.3. The molecular weight excluding hydrogens is 430 g/mol. The minimum Gasteiger partial charge on any atom is -0.507 e. The molecule has 1 aliphatic carbocycles. The predicted octanol–water partition coefficient (Wildman–Crippen LogP) is 3.68. The molecule has 8 nitrogen and oxygen atoms in total. The number of hydrogen-bond donors (Lipinski definition) is 3. The molecule has 0 atom stereocenters. The van der Waals surface area contributed by atoms with Gasteiger partial charge in [-0.15, -0.1) is 10.2 Å². The van der Waals surface area contributed by atoms with Crippen LogP contribution in [0.2, 0.25) is 0 Å². The summed E-state index contributed by atoms with van der Waals surface area (Å²) in [5, 5.41) is 21.6. The first-order valence-corrected chi connectivity index (χ1v) is 11.7. The van der Waals surface area contributed by atoms with Gasteiger partial charge in [-0.2, -0.15) is 0 Å². The maximum atomic E-state index is 10.1. The number of phenols is 1. The molecule has 1 aromatic carbocycles. The summed E-state index contributed by atoms with van der Waals surface area (Å²) in [6.45, 7) is 2.08. The molecule has 0 spiro atoms. The van der Waals surface area contributed by atoms with Crippen LogP contribution < -0.4 is 15.8 Å². The molecule has 1 aliphatic heterocycles. The highest BCUT2D eigenvalue weighted by Crippen LogP contribution is 2.31. The predicted molar refractivity (Wildman–Crippen MR) is 131 cm³/mol. The van der Waals surface area contributed by atoms with E-state index in [1.807, 2.05) is 36.4 Å². The molecule has 1 saturated carbocycles. The normalized spacial score (nSPS) is 20.8. The van der Waals surface area contributed by atoms with Crippen LogP contribution in [0.4, 0.5) is 5.82 Å². The number of pyridine rings is 1. The maximum absolute atomic E-state index is 10.1. The summed E-state index contributed by atoms with van der Waals surface area (Å²) in [7, 11) is 0. The van der Waals surface area contributed by atoms with Crippen LogP contribution in [0.5, 0.6) is 11.6 Å². The summed E-state index contributed by atoms with van der Waals surface area (Å²) >= 11 is 0. The number of aromatic hydroxyl groups is 1. The van der Waals surface area contributed by atoms with Crippen molar-refractivity contribution in [3.63, 3.8) is 0 Å². The zero-order chi connectivity index (χ0) is 23.3. The van der Waals surface area contributed by atoms with Gasteiger partial charge in [-0.3, -0.25) is 0 Å². The monoisotopic (exact) mass is 459 g/mol. The molecule has 176 valence electrons. The van der Waals surface area contributed by atoms with Crippen LogP contribution >= 0.6 is 0 Å². The first-order chi connectivity index (χ1) is 16.6. The second-order valence-electron chi connectivity index (χ2n) is 8.77. The lowest BCUT2D eigenvalue weighted by Gasteiger charge is -2.38. The molecule has 8 heteroatoms. The number of para-hydroxylation sites is 1. The molecule has 2 aliphatic rings. The Morgan fingerprint density at radius 3 is 2.62 bits per heavy atom. The van der Waals surface area contributed by atoms with Crippen LogP contribution in [0.3, 0.4) is 0 Å². The Hall–Kier alpha value is -3.49. The summed E-state index contributed by atoms with van der Waals surface area (Å²) in [5.74, 6) is 1.06. The zero-order valence-electron chi connectivity index (χ0n) is 18.9. The average Bonchev–Trinajstić information content (AvgIpc) is 2.83. The Labute approximate surface area is 198 Å². The van der Waals surface area contributed by atoms with E-state index < -0.39 is 0 Å². The van der Waals surface area contributed by atoms with Gasteiger partial charge in [0.1, 0.15) is 11.9 Å². The summed E-state index contributed by atoms with van der Waals surface area (Å²) < 4.78 is 12.2. The third kappa shape index (κ3) is 5.35. The van der Waals surface area contributed by atoms with Gasteiger partial charge in [0.15, 0.2) is 5.82 Å². The van der Waals surface area contributed by atoms with E-state index in [1.165, 1.54) is 0 Å². The van der Waals surface area contributed by atoms with Gasteiger partial charge < -0.3 is 25.6 Å². The lowest BCUT2D eigenvalue weighted by Crippen LogP contribution is -2.43. The Bertz CT molecular complexity index is 1160. The highest BCUT2D eigenvalue weighted by atomic mass is 16.5. The lowest BCUT2D eigenvalue weighted by molar-refractivity contribution is -0.104. The van der Waals surface area contributed by atoms with E-state index in [-0.39, 0.29) is 18.0 Å². The Morgan fingerprint density at radius 1 is 0.971 bits per heavy atom. The number of hydrogen-bond acceptors (Lipinski definition) is 8. The van der Waals surface area contributed by atoms with Gasteiger partial charge in [0.2, 0.25) is 5.88 Å². The molecule has 0 radical (unpaired) electrons. The van der Waals surface area contributed by atoms with Crippen molar-refractivity contribution in [2.24, 2.45) is 0 Å². The van der Waals surface area contributed by atoms with E-state index in [0.29, 0.717) is 34.6 Å². The number of benzene rings is 1. The molecule has 3 heterocycles. The summed E-state index contributed by atoms with van der Waals surface area (Å²) in [6, 6.07) is 12.6. The fourth-order valence-electron chi connectivity index (χ4n) is 4.25. The molecular formula is C26H29N5O3. The van der Waals surface area contributed by atoms with Gasteiger partial charge in [-0.05, 0) is 55.8 Å². The number of nitrogens with one attached hydrogen (secondary N) is 1. The van der Waals surface area contributed by atoms with Crippen molar-refractivity contribution in [1.82, 2.24) is 20.5 Å². The summed E-state index contributed by atoms with van der Waals surface area (Å²) in [4.78, 5) is 4.36. The molecule has 2 aromatic heterocycles. The van der Waals surface area contributed by atoms with Gasteiger partial charge in [0.05, 0.1) is 17.9 Å². The van der Waals surface area contributed by atoms with Crippen molar-refractivity contribution in [1.29, 1.82) is 0 Å². The highest BCUT2D eigenvalue weighted by Gasteiger charge is 2.34. The smallest absolute Gasteiger partial charge is 0.214 e. The number of nitrogens with two attached hydrogens (primary N) is 1. The Kier molecular flexibility index (Phi) is 6.69. The number of anilines is 1. The Balaban J connectivity index is 1.20. The second kappa shape index (κ2) is 10.2. The molecule has 4 N–H and O–H groups in total. The molecule has 0 unspecified atom stereocenters. The second-order valence-corrected chi connectivity index (χ2v) is 8.77. The molecule has 0 amide bonds. The number of ether oxygens (including phenoxy) is 2. The molecule has 0 bridgehead atoms. The third-order valence-electron chi connectivity index (χ3n) is 6.26. The van der Waals surface area contributed by atoms with E-state index >= 15 is 0 Å².